The monoisotopic (exact) mass is 477 g/mol. The molecule has 4 rings (SSSR count). The summed E-state index contributed by atoms with van der Waals surface area (Å²) in [5, 5.41) is 2.86. The number of carbonyl (C=O) groups excluding carboxylic acids is 4. The molecule has 35 heavy (non-hydrogen) atoms. The Morgan fingerprint density at radius 2 is 1.63 bits per heavy atom. The number of nitrogens with one attached hydrogen (secondary N) is 1. The summed E-state index contributed by atoms with van der Waals surface area (Å²) >= 11 is 0. The third kappa shape index (κ3) is 5.59. The van der Waals surface area contributed by atoms with Crippen LogP contribution in [0.15, 0.2) is 42.5 Å². The number of fused-ring (bicyclic) bond motifs is 1. The molecule has 2 unspecified atom stereocenters. The van der Waals surface area contributed by atoms with E-state index in [4.69, 9.17) is 4.74 Å². The van der Waals surface area contributed by atoms with Gasteiger partial charge in [0.05, 0.1) is 23.3 Å². The summed E-state index contributed by atoms with van der Waals surface area (Å²) in [6.07, 6.45) is 0.619. The van der Waals surface area contributed by atoms with Crippen LogP contribution in [0.25, 0.3) is 0 Å². The van der Waals surface area contributed by atoms with E-state index in [9.17, 15) is 19.2 Å². The van der Waals surface area contributed by atoms with Crippen molar-refractivity contribution in [3.05, 3.63) is 70.3 Å². The number of morpholine rings is 1. The lowest BCUT2D eigenvalue weighted by Gasteiger charge is -2.35. The van der Waals surface area contributed by atoms with Crippen LogP contribution < -0.4 is 5.32 Å². The first kappa shape index (κ1) is 24.6. The van der Waals surface area contributed by atoms with E-state index in [1.165, 1.54) is 4.90 Å². The van der Waals surface area contributed by atoms with Crippen LogP contribution in [-0.4, -0.2) is 65.3 Å². The van der Waals surface area contributed by atoms with Gasteiger partial charge in [-0.05, 0) is 57.0 Å². The Kier molecular flexibility index (Phi) is 7.31. The minimum atomic E-state index is -0.305. The van der Waals surface area contributed by atoms with Gasteiger partial charge in [-0.2, -0.15) is 0 Å². The quantitative estimate of drug-likeness (QED) is 0.619. The summed E-state index contributed by atoms with van der Waals surface area (Å²) in [6, 6.07) is 12.4. The Morgan fingerprint density at radius 1 is 0.971 bits per heavy atom. The normalized spacial score (nSPS) is 19.6. The average molecular weight is 478 g/mol. The summed E-state index contributed by atoms with van der Waals surface area (Å²) in [5.74, 6) is -0.786. The summed E-state index contributed by atoms with van der Waals surface area (Å²) in [7, 11) is 0. The number of ether oxygens (including phenoxy) is 1. The molecule has 1 N–H and O–H groups in total. The molecule has 2 aliphatic heterocycles. The van der Waals surface area contributed by atoms with Crippen molar-refractivity contribution >= 4 is 23.6 Å². The maximum Gasteiger partial charge on any atom is 0.261 e. The van der Waals surface area contributed by atoms with E-state index in [2.05, 4.69) is 5.32 Å². The zero-order valence-electron chi connectivity index (χ0n) is 20.4. The topological polar surface area (TPSA) is 96.0 Å². The van der Waals surface area contributed by atoms with Gasteiger partial charge >= 0.3 is 0 Å². The Hall–Kier alpha value is -3.52. The van der Waals surface area contributed by atoms with Crippen molar-refractivity contribution < 1.29 is 23.9 Å². The standard InChI is InChI=1S/C27H31N3O5/c1-17-6-11-22-23(13-17)27(34)30(26(22)33)12-4-5-24(31)28-14-20-7-9-21(10-8-20)25(32)29-15-18(2)35-19(3)16-29/h6-11,13,18-19H,4-5,12,14-16H2,1-3H3,(H,28,31). The SMILES string of the molecule is Cc1ccc2c(c1)C(=O)N(CCCC(=O)NCc1ccc(C(=O)N3CC(C)OC(C)C3)cc1)C2=O. The minimum absolute atomic E-state index is 0.0124. The van der Waals surface area contributed by atoms with Crippen molar-refractivity contribution in [2.24, 2.45) is 0 Å². The molecule has 1 saturated heterocycles. The zero-order chi connectivity index (χ0) is 25.1. The predicted molar refractivity (Wildman–Crippen MR) is 130 cm³/mol. The van der Waals surface area contributed by atoms with Crippen LogP contribution in [0.2, 0.25) is 0 Å². The van der Waals surface area contributed by atoms with Gasteiger partial charge in [0, 0.05) is 38.2 Å². The number of carbonyl (C=O) groups is 4. The fourth-order valence-corrected chi connectivity index (χ4v) is 4.59. The molecule has 1 fully saturated rings. The number of aryl methyl sites for hydroxylation is 1. The smallest absolute Gasteiger partial charge is 0.261 e. The van der Waals surface area contributed by atoms with E-state index in [0.717, 1.165) is 11.1 Å². The molecule has 4 amide bonds. The number of hydrogen-bond acceptors (Lipinski definition) is 5. The van der Waals surface area contributed by atoms with Crippen LogP contribution >= 0.6 is 0 Å². The second-order valence-corrected chi connectivity index (χ2v) is 9.36. The highest BCUT2D eigenvalue weighted by atomic mass is 16.5. The average Bonchev–Trinajstić information content (AvgIpc) is 3.06. The van der Waals surface area contributed by atoms with Gasteiger partial charge in [0.2, 0.25) is 5.91 Å². The van der Waals surface area contributed by atoms with Crippen molar-refractivity contribution in [2.75, 3.05) is 19.6 Å². The molecule has 2 heterocycles. The molecule has 0 saturated carbocycles. The summed E-state index contributed by atoms with van der Waals surface area (Å²) < 4.78 is 5.69. The lowest BCUT2D eigenvalue weighted by Crippen LogP contribution is -2.48. The molecular weight excluding hydrogens is 446 g/mol. The number of hydrogen-bond donors (Lipinski definition) is 1. The molecule has 8 nitrogen and oxygen atoms in total. The summed E-state index contributed by atoms with van der Waals surface area (Å²) in [4.78, 5) is 53.1. The van der Waals surface area contributed by atoms with Crippen LogP contribution in [0.5, 0.6) is 0 Å². The molecule has 2 aromatic rings. The van der Waals surface area contributed by atoms with Crippen LogP contribution in [0.3, 0.4) is 0 Å². The highest BCUT2D eigenvalue weighted by Crippen LogP contribution is 2.24. The van der Waals surface area contributed by atoms with Crippen molar-refractivity contribution in [3.8, 4) is 0 Å². The molecule has 184 valence electrons. The lowest BCUT2D eigenvalue weighted by molar-refractivity contribution is -0.121. The first-order valence-electron chi connectivity index (χ1n) is 12.0. The Bertz CT molecular complexity index is 1130. The summed E-state index contributed by atoms with van der Waals surface area (Å²) in [5.41, 5.74) is 3.27. The third-order valence-electron chi connectivity index (χ3n) is 6.31. The van der Waals surface area contributed by atoms with Crippen LogP contribution in [0.4, 0.5) is 0 Å². The molecule has 8 heteroatoms. The van der Waals surface area contributed by atoms with Crippen molar-refractivity contribution in [2.45, 2.75) is 52.4 Å². The van der Waals surface area contributed by atoms with Gasteiger partial charge in [0.15, 0.2) is 0 Å². The molecule has 2 atom stereocenters. The minimum Gasteiger partial charge on any atom is -0.372 e. The molecule has 0 spiro atoms. The summed E-state index contributed by atoms with van der Waals surface area (Å²) in [6.45, 7) is 7.48. The Labute approximate surface area is 205 Å². The van der Waals surface area contributed by atoms with Crippen molar-refractivity contribution in [3.63, 3.8) is 0 Å². The molecule has 0 radical (unpaired) electrons. The number of benzene rings is 2. The Balaban J connectivity index is 1.22. The van der Waals surface area contributed by atoms with E-state index in [1.807, 2.05) is 43.9 Å². The van der Waals surface area contributed by atoms with Gasteiger partial charge in [0.25, 0.3) is 17.7 Å². The van der Waals surface area contributed by atoms with Crippen molar-refractivity contribution in [1.82, 2.24) is 15.1 Å². The van der Waals surface area contributed by atoms with E-state index >= 15 is 0 Å². The van der Waals surface area contributed by atoms with Gasteiger partial charge in [-0.1, -0.05) is 23.8 Å². The number of nitrogens with zero attached hydrogens (tertiary/aromatic N) is 2. The van der Waals surface area contributed by atoms with Gasteiger partial charge < -0.3 is 15.0 Å². The van der Waals surface area contributed by atoms with Crippen LogP contribution in [-0.2, 0) is 16.1 Å². The van der Waals surface area contributed by atoms with E-state index in [1.54, 1.807) is 24.3 Å². The predicted octanol–water partition coefficient (Wildman–Crippen LogP) is 2.94. The van der Waals surface area contributed by atoms with E-state index in [0.29, 0.717) is 42.7 Å². The largest absolute Gasteiger partial charge is 0.372 e. The molecular formula is C27H31N3O5. The molecule has 0 bridgehead atoms. The first-order valence-corrected chi connectivity index (χ1v) is 12.0. The van der Waals surface area contributed by atoms with Gasteiger partial charge in [-0.3, -0.25) is 24.1 Å². The fraction of sp³-hybridized carbons (Fsp3) is 0.407. The number of imide groups is 1. The highest BCUT2D eigenvalue weighted by Gasteiger charge is 2.35. The zero-order valence-corrected chi connectivity index (χ0v) is 20.4. The first-order chi connectivity index (χ1) is 16.7. The van der Waals surface area contributed by atoms with Gasteiger partial charge in [-0.15, -0.1) is 0 Å². The fourth-order valence-electron chi connectivity index (χ4n) is 4.59. The van der Waals surface area contributed by atoms with Gasteiger partial charge in [-0.25, -0.2) is 0 Å². The van der Waals surface area contributed by atoms with Crippen molar-refractivity contribution in [1.29, 1.82) is 0 Å². The van der Waals surface area contributed by atoms with Crippen LogP contribution in [0, 0.1) is 6.92 Å². The van der Waals surface area contributed by atoms with Gasteiger partial charge in [0.1, 0.15) is 0 Å². The molecule has 2 aromatic carbocycles. The Morgan fingerprint density at radius 3 is 2.31 bits per heavy atom. The third-order valence-corrected chi connectivity index (χ3v) is 6.31. The maximum atomic E-state index is 12.8. The van der Waals surface area contributed by atoms with E-state index in [-0.39, 0.29) is 48.8 Å². The van der Waals surface area contributed by atoms with E-state index < -0.39 is 0 Å². The second-order valence-electron chi connectivity index (χ2n) is 9.36. The molecule has 0 aromatic heterocycles. The second kappa shape index (κ2) is 10.4. The van der Waals surface area contributed by atoms with Crippen LogP contribution in [0.1, 0.15) is 68.9 Å². The highest BCUT2D eigenvalue weighted by molar-refractivity contribution is 6.21. The number of amides is 4. The molecule has 0 aliphatic carbocycles. The number of rotatable bonds is 7. The maximum absolute atomic E-state index is 12.8. The molecule has 2 aliphatic rings. The lowest BCUT2D eigenvalue weighted by atomic mass is 10.1.